The number of phosphoric acid groups is 2. The number of carbonyl (C=O) groups excluding carboxylic acids is 4. The SMILES string of the molecule is CCCCCCCC(=O)OC[C@H](COP(=O)(O)OC[C@H](O)COP(=O)(O)OC[C@@H](COC(=O)CCCCCCCCCCCCC(C)CC)OC(=O)CCCCCCCCCCCCCCCCCC(C)C)OC(=O)CCCCCCCCCCCCC(C)CC. The van der Waals surface area contributed by atoms with Crippen LogP contribution in [0.3, 0.4) is 0 Å². The number of esters is 4. The van der Waals surface area contributed by atoms with Gasteiger partial charge in [-0.3, -0.25) is 37.3 Å². The van der Waals surface area contributed by atoms with Gasteiger partial charge < -0.3 is 33.8 Å². The van der Waals surface area contributed by atoms with Crippen LogP contribution in [0.5, 0.6) is 0 Å². The third kappa shape index (κ3) is 63.9. The molecule has 0 saturated carbocycles. The van der Waals surface area contributed by atoms with Crippen molar-refractivity contribution in [2.24, 2.45) is 17.8 Å². The van der Waals surface area contributed by atoms with Crippen LogP contribution in [0.4, 0.5) is 0 Å². The van der Waals surface area contributed by atoms with Gasteiger partial charge in [0.1, 0.15) is 19.3 Å². The maximum absolute atomic E-state index is 13.0. The second-order valence-corrected chi connectivity index (χ2v) is 29.8. The van der Waals surface area contributed by atoms with E-state index < -0.39 is 97.5 Å². The molecular weight excluding hydrogens is 1200 g/mol. The maximum atomic E-state index is 13.0. The Morgan fingerprint density at radius 2 is 0.560 bits per heavy atom. The molecule has 3 N–H and O–H groups in total. The lowest BCUT2D eigenvalue weighted by atomic mass is 9.99. The first kappa shape index (κ1) is 89.1. The van der Waals surface area contributed by atoms with Gasteiger partial charge in [0, 0.05) is 25.7 Å². The van der Waals surface area contributed by atoms with E-state index in [2.05, 4.69) is 48.5 Å². The van der Waals surface area contributed by atoms with Crippen molar-refractivity contribution in [2.75, 3.05) is 39.6 Å². The monoisotopic (exact) mass is 1340 g/mol. The highest BCUT2D eigenvalue weighted by Crippen LogP contribution is 2.45. The van der Waals surface area contributed by atoms with E-state index in [-0.39, 0.29) is 25.7 Å². The topological polar surface area (TPSA) is 237 Å². The zero-order chi connectivity index (χ0) is 67.3. The lowest BCUT2D eigenvalue weighted by Gasteiger charge is -2.21. The minimum atomic E-state index is -4.95. The number of unbranched alkanes of at least 4 members (excludes halogenated alkanes) is 36. The minimum Gasteiger partial charge on any atom is -0.462 e. The zero-order valence-corrected chi connectivity index (χ0v) is 61.1. The van der Waals surface area contributed by atoms with E-state index in [0.717, 1.165) is 114 Å². The molecule has 0 aromatic rings. The molecule has 0 bridgehead atoms. The standard InChI is InChI=1S/C72H140O17P2/c1-8-11-12-36-46-53-69(74)82-59-67(88-71(76)56-49-42-35-29-23-21-26-32-39-45-52-65(7)10-3)61-86-90(78,79)84-57-66(73)58-85-91(80,81)87-62-68(60-83-70(75)54-47-40-33-27-22-20-25-31-38-44-51-64(6)9-2)89-72(77)55-48-41-34-28-19-17-15-13-14-16-18-24-30-37-43-50-63(4)5/h63-68,73H,8-62H2,1-7H3,(H,78,79)(H,80,81)/t64?,65?,66-,67+,68+/m0/s1. The Labute approximate surface area is 556 Å². The van der Waals surface area contributed by atoms with Crippen molar-refractivity contribution in [3.05, 3.63) is 0 Å². The Hall–Kier alpha value is -1.94. The second kappa shape index (κ2) is 62.8. The van der Waals surface area contributed by atoms with Crippen molar-refractivity contribution < 1.29 is 80.2 Å². The molecule has 7 atom stereocenters. The molecule has 91 heavy (non-hydrogen) atoms. The van der Waals surface area contributed by atoms with E-state index in [4.69, 9.17) is 37.0 Å². The second-order valence-electron chi connectivity index (χ2n) is 26.9. The molecule has 19 heteroatoms. The Balaban J connectivity index is 5.16. The molecule has 0 amide bonds. The van der Waals surface area contributed by atoms with Gasteiger partial charge >= 0.3 is 39.5 Å². The van der Waals surface area contributed by atoms with E-state index >= 15 is 0 Å². The number of ether oxygens (including phenoxy) is 4. The fourth-order valence-corrected chi connectivity index (χ4v) is 12.4. The van der Waals surface area contributed by atoms with Gasteiger partial charge in [0.25, 0.3) is 0 Å². The van der Waals surface area contributed by atoms with Gasteiger partial charge in [0.2, 0.25) is 0 Å². The van der Waals surface area contributed by atoms with Gasteiger partial charge in [0.05, 0.1) is 26.4 Å². The number of aliphatic hydroxyl groups is 1. The van der Waals surface area contributed by atoms with E-state index in [1.807, 2.05) is 0 Å². The molecule has 0 spiro atoms. The molecule has 0 aromatic carbocycles. The molecule has 0 aromatic heterocycles. The summed E-state index contributed by atoms with van der Waals surface area (Å²) in [5.41, 5.74) is 0. The number of aliphatic hydroxyl groups excluding tert-OH is 1. The van der Waals surface area contributed by atoms with Crippen LogP contribution >= 0.6 is 15.6 Å². The van der Waals surface area contributed by atoms with Gasteiger partial charge in [-0.05, 0) is 43.4 Å². The molecule has 0 radical (unpaired) electrons. The number of hydrogen-bond donors (Lipinski definition) is 3. The lowest BCUT2D eigenvalue weighted by Crippen LogP contribution is -2.30. The quantitative estimate of drug-likeness (QED) is 0.0222. The predicted molar refractivity (Wildman–Crippen MR) is 368 cm³/mol. The van der Waals surface area contributed by atoms with Gasteiger partial charge in [-0.25, -0.2) is 9.13 Å². The summed E-state index contributed by atoms with van der Waals surface area (Å²) in [6.45, 7) is 11.9. The van der Waals surface area contributed by atoms with Crippen molar-refractivity contribution in [1.29, 1.82) is 0 Å². The molecule has 0 aliphatic heterocycles. The average Bonchev–Trinajstić information content (AvgIpc) is 2.91. The molecule has 17 nitrogen and oxygen atoms in total. The minimum absolute atomic E-state index is 0.105. The van der Waals surface area contributed by atoms with Crippen LogP contribution in [0.25, 0.3) is 0 Å². The summed E-state index contributed by atoms with van der Waals surface area (Å²) >= 11 is 0. The summed E-state index contributed by atoms with van der Waals surface area (Å²) in [6, 6.07) is 0. The van der Waals surface area contributed by atoms with Gasteiger partial charge in [-0.2, -0.15) is 0 Å². The number of rotatable bonds is 70. The summed E-state index contributed by atoms with van der Waals surface area (Å²) in [5.74, 6) is 0.282. The third-order valence-electron chi connectivity index (χ3n) is 17.4. The van der Waals surface area contributed by atoms with Crippen LogP contribution in [0, 0.1) is 17.8 Å². The van der Waals surface area contributed by atoms with E-state index in [0.29, 0.717) is 25.7 Å². The molecule has 0 saturated heterocycles. The Morgan fingerprint density at radius 3 is 0.835 bits per heavy atom. The van der Waals surface area contributed by atoms with Gasteiger partial charge in [0.15, 0.2) is 12.2 Å². The molecule has 0 aliphatic carbocycles. The predicted octanol–water partition coefficient (Wildman–Crippen LogP) is 20.6. The van der Waals surface area contributed by atoms with Crippen LogP contribution in [0.2, 0.25) is 0 Å². The normalized spacial score (nSPS) is 14.8. The summed E-state index contributed by atoms with van der Waals surface area (Å²) in [4.78, 5) is 72.4. The van der Waals surface area contributed by atoms with Crippen molar-refractivity contribution >= 4 is 39.5 Å². The molecule has 0 rings (SSSR count). The van der Waals surface area contributed by atoms with Crippen molar-refractivity contribution in [1.82, 2.24) is 0 Å². The first-order valence-electron chi connectivity index (χ1n) is 37.4. The Bertz CT molecular complexity index is 1790. The van der Waals surface area contributed by atoms with Gasteiger partial charge in [-0.1, -0.05) is 312 Å². The largest absolute Gasteiger partial charge is 0.472 e. The van der Waals surface area contributed by atoms with Crippen molar-refractivity contribution in [3.8, 4) is 0 Å². The fourth-order valence-electron chi connectivity index (χ4n) is 10.8. The van der Waals surface area contributed by atoms with Crippen LogP contribution in [0.15, 0.2) is 0 Å². The summed E-state index contributed by atoms with van der Waals surface area (Å²) < 4.78 is 68.2. The smallest absolute Gasteiger partial charge is 0.462 e. The fraction of sp³-hybridized carbons (Fsp3) is 0.944. The van der Waals surface area contributed by atoms with E-state index in [1.165, 1.54) is 167 Å². The molecule has 4 unspecified atom stereocenters. The average molecular weight is 1340 g/mol. The van der Waals surface area contributed by atoms with Crippen LogP contribution in [-0.4, -0.2) is 96.7 Å². The maximum Gasteiger partial charge on any atom is 0.472 e. The Kier molecular flexibility index (Phi) is 61.5. The highest BCUT2D eigenvalue weighted by molar-refractivity contribution is 7.47. The highest BCUT2D eigenvalue weighted by atomic mass is 31.2. The summed E-state index contributed by atoms with van der Waals surface area (Å²) in [7, 11) is -9.90. The molecule has 0 fully saturated rings. The first-order chi connectivity index (χ1) is 43.8. The lowest BCUT2D eigenvalue weighted by molar-refractivity contribution is -0.161. The summed E-state index contributed by atoms with van der Waals surface area (Å²) in [5, 5.41) is 10.6. The van der Waals surface area contributed by atoms with Crippen molar-refractivity contribution in [2.45, 2.75) is 381 Å². The summed E-state index contributed by atoms with van der Waals surface area (Å²) in [6.07, 6.45) is 47.4. The van der Waals surface area contributed by atoms with E-state index in [9.17, 15) is 43.2 Å². The molecular formula is C72H140O17P2. The number of hydrogen-bond acceptors (Lipinski definition) is 15. The Morgan fingerprint density at radius 1 is 0.319 bits per heavy atom. The first-order valence-corrected chi connectivity index (χ1v) is 40.4. The zero-order valence-electron chi connectivity index (χ0n) is 59.3. The third-order valence-corrected chi connectivity index (χ3v) is 19.3. The molecule has 540 valence electrons. The van der Waals surface area contributed by atoms with Crippen LogP contribution in [0.1, 0.15) is 363 Å². The number of phosphoric ester groups is 2. The van der Waals surface area contributed by atoms with Crippen LogP contribution < -0.4 is 0 Å². The van der Waals surface area contributed by atoms with Crippen LogP contribution in [-0.2, 0) is 65.4 Å². The molecule has 0 aliphatic rings. The van der Waals surface area contributed by atoms with Gasteiger partial charge in [-0.15, -0.1) is 0 Å². The van der Waals surface area contributed by atoms with Crippen molar-refractivity contribution in [3.63, 3.8) is 0 Å². The molecule has 0 heterocycles. The van der Waals surface area contributed by atoms with E-state index in [1.54, 1.807) is 0 Å². The highest BCUT2D eigenvalue weighted by Gasteiger charge is 2.30. The number of carbonyl (C=O) groups is 4.